The van der Waals surface area contributed by atoms with E-state index in [1.165, 1.54) is 5.56 Å². The smallest absolute Gasteiger partial charge is 0.319 e. The fraction of sp³-hybridized carbons (Fsp3) is 0.267. The molecule has 2 amide bonds. The summed E-state index contributed by atoms with van der Waals surface area (Å²) in [5, 5.41) is 13.2. The number of aromatic nitrogens is 2. The van der Waals surface area contributed by atoms with E-state index in [-0.39, 0.29) is 6.03 Å². The number of urea groups is 1. The van der Waals surface area contributed by atoms with Crippen LogP contribution in [-0.2, 0) is 13.0 Å². The second-order valence-corrected chi connectivity index (χ2v) is 4.84. The number of anilines is 1. The number of hydrogen-bond acceptors (Lipinski definition) is 4. The van der Waals surface area contributed by atoms with Gasteiger partial charge in [-0.25, -0.2) is 4.79 Å². The molecular weight excluding hydrogens is 268 g/mol. The van der Waals surface area contributed by atoms with E-state index >= 15 is 0 Å². The largest absolute Gasteiger partial charge is 0.493 e. The van der Waals surface area contributed by atoms with E-state index in [1.54, 1.807) is 19.2 Å². The Kier molecular flexibility index (Phi) is 3.68. The van der Waals surface area contributed by atoms with Crippen molar-refractivity contribution in [3.05, 3.63) is 47.3 Å². The Morgan fingerprint density at radius 1 is 1.38 bits per heavy atom. The first-order valence-electron chi connectivity index (χ1n) is 6.81. The highest BCUT2D eigenvalue weighted by Gasteiger charge is 2.16. The predicted molar refractivity (Wildman–Crippen MR) is 78.3 cm³/mol. The molecule has 1 aromatic heterocycles. The standard InChI is InChI=1S/C15H16N4O2/c1-10-13(5-7-17-19-10)18-15(20)16-9-12-4-2-3-11-6-8-21-14(11)12/h2-5,7H,6,8-9H2,1H3,(H2,16,17,18,20). The monoisotopic (exact) mass is 284 g/mol. The average Bonchev–Trinajstić information content (AvgIpc) is 2.96. The summed E-state index contributed by atoms with van der Waals surface area (Å²) in [5.74, 6) is 0.902. The third-order valence-electron chi connectivity index (χ3n) is 3.39. The zero-order chi connectivity index (χ0) is 14.7. The van der Waals surface area contributed by atoms with Crippen molar-refractivity contribution in [3.63, 3.8) is 0 Å². The molecule has 2 N–H and O–H groups in total. The van der Waals surface area contributed by atoms with Crippen molar-refractivity contribution < 1.29 is 9.53 Å². The van der Waals surface area contributed by atoms with Gasteiger partial charge in [-0.1, -0.05) is 18.2 Å². The van der Waals surface area contributed by atoms with Crippen LogP contribution in [0.5, 0.6) is 5.75 Å². The van der Waals surface area contributed by atoms with E-state index in [0.29, 0.717) is 24.5 Å². The maximum absolute atomic E-state index is 11.9. The Bertz CT molecular complexity index is 672. The molecule has 0 spiro atoms. The molecule has 0 saturated carbocycles. The maximum Gasteiger partial charge on any atom is 0.319 e. The minimum atomic E-state index is -0.276. The van der Waals surface area contributed by atoms with Gasteiger partial charge in [-0.2, -0.15) is 10.2 Å². The van der Waals surface area contributed by atoms with E-state index in [2.05, 4.69) is 26.9 Å². The van der Waals surface area contributed by atoms with Crippen molar-refractivity contribution in [3.8, 4) is 5.75 Å². The zero-order valence-electron chi connectivity index (χ0n) is 11.7. The SMILES string of the molecule is Cc1nnccc1NC(=O)NCc1cccc2c1OCC2. The number of hydrogen-bond donors (Lipinski definition) is 2. The lowest BCUT2D eigenvalue weighted by Crippen LogP contribution is -2.28. The van der Waals surface area contributed by atoms with Crippen molar-refractivity contribution in [2.75, 3.05) is 11.9 Å². The van der Waals surface area contributed by atoms with Crippen LogP contribution in [0.1, 0.15) is 16.8 Å². The summed E-state index contributed by atoms with van der Waals surface area (Å²) >= 11 is 0. The number of aryl methyl sites for hydroxylation is 1. The molecule has 1 aliphatic heterocycles. The molecule has 1 aliphatic rings. The zero-order valence-corrected chi connectivity index (χ0v) is 11.7. The summed E-state index contributed by atoms with van der Waals surface area (Å²) in [4.78, 5) is 11.9. The van der Waals surface area contributed by atoms with Crippen LogP contribution in [0.25, 0.3) is 0 Å². The number of fused-ring (bicyclic) bond motifs is 1. The summed E-state index contributed by atoms with van der Waals surface area (Å²) in [6.07, 6.45) is 2.47. The van der Waals surface area contributed by atoms with Crippen LogP contribution in [0.4, 0.5) is 10.5 Å². The molecule has 3 rings (SSSR count). The molecule has 2 aromatic rings. The molecular formula is C15H16N4O2. The highest BCUT2D eigenvalue weighted by atomic mass is 16.5. The van der Waals surface area contributed by atoms with Gasteiger partial charge in [0.2, 0.25) is 0 Å². The Morgan fingerprint density at radius 3 is 3.14 bits per heavy atom. The first kappa shape index (κ1) is 13.4. The van der Waals surface area contributed by atoms with E-state index in [4.69, 9.17) is 4.74 Å². The number of carbonyl (C=O) groups is 1. The fourth-order valence-electron chi connectivity index (χ4n) is 2.30. The molecule has 6 nitrogen and oxygen atoms in total. The number of para-hydroxylation sites is 1. The van der Waals surface area contributed by atoms with Crippen molar-refractivity contribution >= 4 is 11.7 Å². The summed E-state index contributed by atoms with van der Waals surface area (Å²) in [7, 11) is 0. The van der Waals surface area contributed by atoms with Crippen LogP contribution in [0.3, 0.4) is 0 Å². The summed E-state index contributed by atoms with van der Waals surface area (Å²) in [6, 6.07) is 7.44. The minimum absolute atomic E-state index is 0.276. The number of carbonyl (C=O) groups excluding carboxylic acids is 1. The van der Waals surface area contributed by atoms with Crippen molar-refractivity contribution in [2.45, 2.75) is 19.9 Å². The summed E-state index contributed by atoms with van der Waals surface area (Å²) < 4.78 is 5.61. The molecule has 1 aromatic carbocycles. The molecule has 0 aliphatic carbocycles. The Hall–Kier alpha value is -2.63. The van der Waals surface area contributed by atoms with Gasteiger partial charge >= 0.3 is 6.03 Å². The molecule has 0 bridgehead atoms. The van der Waals surface area contributed by atoms with Crippen LogP contribution >= 0.6 is 0 Å². The third-order valence-corrected chi connectivity index (χ3v) is 3.39. The molecule has 0 unspecified atom stereocenters. The predicted octanol–water partition coefficient (Wildman–Crippen LogP) is 2.04. The van der Waals surface area contributed by atoms with Gasteiger partial charge in [0, 0.05) is 18.5 Å². The topological polar surface area (TPSA) is 76.1 Å². The number of nitrogens with one attached hydrogen (secondary N) is 2. The van der Waals surface area contributed by atoms with Gasteiger partial charge in [-0.3, -0.25) is 0 Å². The molecule has 21 heavy (non-hydrogen) atoms. The quantitative estimate of drug-likeness (QED) is 0.904. The highest BCUT2D eigenvalue weighted by molar-refractivity contribution is 5.89. The van der Waals surface area contributed by atoms with Gasteiger partial charge < -0.3 is 15.4 Å². The first-order chi connectivity index (χ1) is 10.2. The van der Waals surface area contributed by atoms with Crippen molar-refractivity contribution in [1.29, 1.82) is 0 Å². The van der Waals surface area contributed by atoms with Crippen molar-refractivity contribution in [1.82, 2.24) is 15.5 Å². The van der Waals surface area contributed by atoms with Gasteiger partial charge in [-0.15, -0.1) is 0 Å². The van der Waals surface area contributed by atoms with E-state index in [9.17, 15) is 4.79 Å². The normalized spacial score (nSPS) is 12.4. The molecule has 0 atom stereocenters. The Morgan fingerprint density at radius 2 is 2.29 bits per heavy atom. The lowest BCUT2D eigenvalue weighted by Gasteiger charge is -2.11. The summed E-state index contributed by atoms with van der Waals surface area (Å²) in [5.41, 5.74) is 3.52. The number of ether oxygens (including phenoxy) is 1. The molecule has 0 saturated heterocycles. The lowest BCUT2D eigenvalue weighted by molar-refractivity contribution is 0.251. The summed E-state index contributed by atoms with van der Waals surface area (Å²) in [6.45, 7) is 2.92. The number of rotatable bonds is 3. The van der Waals surface area contributed by atoms with E-state index < -0.39 is 0 Å². The minimum Gasteiger partial charge on any atom is -0.493 e. The van der Waals surface area contributed by atoms with Crippen LogP contribution in [0, 0.1) is 6.92 Å². The van der Waals surface area contributed by atoms with Gasteiger partial charge in [0.05, 0.1) is 24.2 Å². The van der Waals surface area contributed by atoms with Gasteiger partial charge in [0.15, 0.2) is 0 Å². The van der Waals surface area contributed by atoms with Gasteiger partial charge in [-0.05, 0) is 18.6 Å². The van der Waals surface area contributed by atoms with Crippen LogP contribution in [-0.4, -0.2) is 22.8 Å². The number of benzene rings is 1. The molecule has 0 radical (unpaired) electrons. The van der Waals surface area contributed by atoms with Crippen LogP contribution < -0.4 is 15.4 Å². The fourth-order valence-corrected chi connectivity index (χ4v) is 2.30. The number of amides is 2. The Labute approximate surface area is 122 Å². The second-order valence-electron chi connectivity index (χ2n) is 4.84. The van der Waals surface area contributed by atoms with E-state index in [1.807, 2.05) is 12.1 Å². The molecule has 6 heteroatoms. The number of nitrogens with zero attached hydrogens (tertiary/aromatic N) is 2. The van der Waals surface area contributed by atoms with Gasteiger partial charge in [0.25, 0.3) is 0 Å². The van der Waals surface area contributed by atoms with Gasteiger partial charge in [0.1, 0.15) is 5.75 Å². The van der Waals surface area contributed by atoms with E-state index in [0.717, 1.165) is 17.7 Å². The third kappa shape index (κ3) is 2.94. The Balaban J connectivity index is 1.62. The second kappa shape index (κ2) is 5.78. The van der Waals surface area contributed by atoms with Crippen molar-refractivity contribution in [2.24, 2.45) is 0 Å². The highest BCUT2D eigenvalue weighted by Crippen LogP contribution is 2.29. The van der Waals surface area contributed by atoms with Crippen LogP contribution in [0.2, 0.25) is 0 Å². The molecule has 108 valence electrons. The maximum atomic E-state index is 11.9. The van der Waals surface area contributed by atoms with Crippen LogP contribution in [0.15, 0.2) is 30.5 Å². The molecule has 0 fully saturated rings. The average molecular weight is 284 g/mol. The lowest BCUT2D eigenvalue weighted by atomic mass is 10.1. The molecule has 2 heterocycles. The first-order valence-corrected chi connectivity index (χ1v) is 6.81.